The fourth-order valence-corrected chi connectivity index (χ4v) is 3.56. The fourth-order valence-electron chi connectivity index (χ4n) is 2.43. The van der Waals surface area contributed by atoms with E-state index in [1.54, 1.807) is 0 Å². The number of amides is 1. The van der Waals surface area contributed by atoms with Crippen LogP contribution in [0.1, 0.15) is 11.1 Å². The first-order valence-corrected chi connectivity index (χ1v) is 9.34. The topological polar surface area (TPSA) is 93.7 Å². The van der Waals surface area contributed by atoms with Crippen molar-refractivity contribution in [3.8, 4) is 11.5 Å². The van der Waals surface area contributed by atoms with Crippen LogP contribution in [0.2, 0.25) is 0 Å². The van der Waals surface area contributed by atoms with Gasteiger partial charge in [0.25, 0.3) is 0 Å². The zero-order valence-electron chi connectivity index (χ0n) is 15.1. The number of anilines is 1. The van der Waals surface area contributed by atoms with Gasteiger partial charge >= 0.3 is 0 Å². The van der Waals surface area contributed by atoms with Gasteiger partial charge in [-0.1, -0.05) is 18.2 Å². The number of sulfonamides is 1. The summed E-state index contributed by atoms with van der Waals surface area (Å²) in [4.78, 5) is 12.1. The van der Waals surface area contributed by atoms with Crippen LogP contribution in [0.3, 0.4) is 0 Å². The Labute approximate surface area is 153 Å². The van der Waals surface area contributed by atoms with E-state index in [0.29, 0.717) is 11.4 Å². The van der Waals surface area contributed by atoms with E-state index in [1.165, 1.54) is 32.4 Å². The maximum absolute atomic E-state index is 12.5. The highest BCUT2D eigenvalue weighted by atomic mass is 32.2. The minimum Gasteiger partial charge on any atom is -0.497 e. The van der Waals surface area contributed by atoms with Crippen LogP contribution in [0.15, 0.2) is 41.3 Å². The minimum absolute atomic E-state index is 0.0688. The molecule has 2 aromatic rings. The molecule has 0 aromatic heterocycles. The molecule has 0 bridgehead atoms. The lowest BCUT2D eigenvalue weighted by atomic mass is 10.1. The molecule has 140 valence electrons. The van der Waals surface area contributed by atoms with Crippen LogP contribution in [0.25, 0.3) is 0 Å². The van der Waals surface area contributed by atoms with Gasteiger partial charge in [0, 0.05) is 11.8 Å². The lowest BCUT2D eigenvalue weighted by Gasteiger charge is -2.13. The number of aryl methyl sites for hydroxylation is 2. The average molecular weight is 378 g/mol. The Morgan fingerprint density at radius 3 is 2.27 bits per heavy atom. The van der Waals surface area contributed by atoms with Gasteiger partial charge < -0.3 is 14.8 Å². The summed E-state index contributed by atoms with van der Waals surface area (Å²) in [6.07, 6.45) is 0. The van der Waals surface area contributed by atoms with Crippen LogP contribution in [-0.2, 0) is 14.8 Å². The number of methoxy groups -OCH3 is 2. The zero-order chi connectivity index (χ0) is 19.3. The molecule has 0 saturated carbocycles. The van der Waals surface area contributed by atoms with Gasteiger partial charge in [0.1, 0.15) is 16.4 Å². The van der Waals surface area contributed by atoms with Crippen LogP contribution in [0.4, 0.5) is 5.69 Å². The molecule has 0 saturated heterocycles. The van der Waals surface area contributed by atoms with E-state index < -0.39 is 22.5 Å². The van der Waals surface area contributed by atoms with E-state index in [9.17, 15) is 13.2 Å². The third-order valence-corrected chi connectivity index (χ3v) is 5.27. The molecule has 0 atom stereocenters. The molecule has 26 heavy (non-hydrogen) atoms. The van der Waals surface area contributed by atoms with Gasteiger partial charge in [0.15, 0.2) is 0 Å². The molecule has 8 heteroatoms. The first-order chi connectivity index (χ1) is 12.3. The van der Waals surface area contributed by atoms with Crippen molar-refractivity contribution in [2.45, 2.75) is 18.7 Å². The molecule has 0 aliphatic heterocycles. The second-order valence-corrected chi connectivity index (χ2v) is 7.39. The van der Waals surface area contributed by atoms with Gasteiger partial charge in [-0.05, 0) is 37.1 Å². The van der Waals surface area contributed by atoms with Crippen LogP contribution in [0, 0.1) is 13.8 Å². The first-order valence-electron chi connectivity index (χ1n) is 7.86. The fraction of sp³-hybridized carbons (Fsp3) is 0.278. The quantitative estimate of drug-likeness (QED) is 0.771. The Bertz CT molecular complexity index is 890. The minimum atomic E-state index is -3.93. The smallest absolute Gasteiger partial charge is 0.244 e. The maximum Gasteiger partial charge on any atom is 0.244 e. The molecule has 7 nitrogen and oxygen atoms in total. The molecule has 2 aromatic carbocycles. The predicted octanol–water partition coefficient (Wildman–Crippen LogP) is 2.24. The Hall–Kier alpha value is -2.58. The highest BCUT2D eigenvalue weighted by Gasteiger charge is 2.21. The molecule has 2 N–H and O–H groups in total. The number of hydrogen-bond acceptors (Lipinski definition) is 5. The highest BCUT2D eigenvalue weighted by molar-refractivity contribution is 7.89. The van der Waals surface area contributed by atoms with E-state index in [2.05, 4.69) is 10.0 Å². The third kappa shape index (κ3) is 4.53. The Kier molecular flexibility index (Phi) is 6.23. The first kappa shape index (κ1) is 19.7. The Morgan fingerprint density at radius 2 is 1.69 bits per heavy atom. The molecule has 0 radical (unpaired) electrons. The number of rotatable bonds is 7. The van der Waals surface area contributed by atoms with Crippen LogP contribution in [-0.4, -0.2) is 35.1 Å². The van der Waals surface area contributed by atoms with Gasteiger partial charge in [0.2, 0.25) is 15.9 Å². The van der Waals surface area contributed by atoms with Crippen molar-refractivity contribution in [1.82, 2.24) is 4.72 Å². The number of carbonyl (C=O) groups is 1. The summed E-state index contributed by atoms with van der Waals surface area (Å²) in [5, 5.41) is 2.73. The van der Waals surface area contributed by atoms with Crippen molar-refractivity contribution < 1.29 is 22.7 Å². The van der Waals surface area contributed by atoms with Crippen LogP contribution in [0.5, 0.6) is 11.5 Å². The monoisotopic (exact) mass is 378 g/mol. The Balaban J connectivity index is 2.12. The largest absolute Gasteiger partial charge is 0.497 e. The number of para-hydroxylation sites is 1. The van der Waals surface area contributed by atoms with E-state index >= 15 is 0 Å². The van der Waals surface area contributed by atoms with Crippen LogP contribution < -0.4 is 19.5 Å². The summed E-state index contributed by atoms with van der Waals surface area (Å²) in [6, 6.07) is 9.96. The molecule has 0 aliphatic rings. The molecular formula is C18H22N2O5S. The van der Waals surface area contributed by atoms with E-state index in [-0.39, 0.29) is 10.6 Å². The van der Waals surface area contributed by atoms with E-state index in [0.717, 1.165) is 11.1 Å². The van der Waals surface area contributed by atoms with Crippen molar-refractivity contribution in [2.75, 3.05) is 26.1 Å². The van der Waals surface area contributed by atoms with Gasteiger partial charge in [-0.15, -0.1) is 0 Å². The van der Waals surface area contributed by atoms with Crippen LogP contribution >= 0.6 is 0 Å². The van der Waals surface area contributed by atoms with Crippen molar-refractivity contribution in [2.24, 2.45) is 0 Å². The number of nitrogens with one attached hydrogen (secondary N) is 2. The zero-order valence-corrected chi connectivity index (χ0v) is 15.9. The normalized spacial score (nSPS) is 11.1. The molecule has 0 heterocycles. The lowest BCUT2D eigenvalue weighted by molar-refractivity contribution is -0.115. The van der Waals surface area contributed by atoms with Crippen molar-refractivity contribution in [1.29, 1.82) is 0 Å². The number of hydrogen-bond donors (Lipinski definition) is 2. The molecule has 2 rings (SSSR count). The second-order valence-electron chi connectivity index (χ2n) is 5.66. The molecule has 0 aliphatic carbocycles. The van der Waals surface area contributed by atoms with E-state index in [1.807, 2.05) is 32.0 Å². The summed E-state index contributed by atoms with van der Waals surface area (Å²) < 4.78 is 37.4. The average Bonchev–Trinajstić information content (AvgIpc) is 2.62. The summed E-state index contributed by atoms with van der Waals surface area (Å²) in [5.74, 6) is 0.138. The van der Waals surface area contributed by atoms with Gasteiger partial charge in [-0.3, -0.25) is 4.79 Å². The molecule has 1 amide bonds. The standard InChI is InChI=1S/C18H22N2O5S/c1-12-6-5-7-13(2)18(12)20-17(21)11-19-26(22,23)16-9-8-14(24-3)10-15(16)25-4/h5-10,19H,11H2,1-4H3,(H,20,21). The second kappa shape index (κ2) is 8.20. The Morgan fingerprint density at radius 1 is 1.04 bits per heavy atom. The SMILES string of the molecule is COc1ccc(S(=O)(=O)NCC(=O)Nc2c(C)cccc2C)c(OC)c1. The summed E-state index contributed by atoms with van der Waals surface area (Å²) in [7, 11) is -1.09. The molecule has 0 fully saturated rings. The van der Waals surface area contributed by atoms with Crippen molar-refractivity contribution >= 4 is 21.6 Å². The summed E-state index contributed by atoms with van der Waals surface area (Å²) in [5.41, 5.74) is 2.48. The third-order valence-electron chi connectivity index (χ3n) is 3.83. The van der Waals surface area contributed by atoms with Gasteiger partial charge in [0.05, 0.1) is 20.8 Å². The highest BCUT2D eigenvalue weighted by Crippen LogP contribution is 2.28. The molecule has 0 spiro atoms. The maximum atomic E-state index is 12.5. The predicted molar refractivity (Wildman–Crippen MR) is 99.3 cm³/mol. The van der Waals surface area contributed by atoms with E-state index in [4.69, 9.17) is 9.47 Å². The number of ether oxygens (including phenoxy) is 2. The van der Waals surface area contributed by atoms with Crippen molar-refractivity contribution in [3.63, 3.8) is 0 Å². The van der Waals surface area contributed by atoms with Crippen molar-refractivity contribution in [3.05, 3.63) is 47.5 Å². The molecular weight excluding hydrogens is 356 g/mol. The number of carbonyl (C=O) groups excluding carboxylic acids is 1. The summed E-state index contributed by atoms with van der Waals surface area (Å²) in [6.45, 7) is 3.34. The molecule has 0 unspecified atom stereocenters. The number of benzene rings is 2. The van der Waals surface area contributed by atoms with Gasteiger partial charge in [-0.25, -0.2) is 13.1 Å². The lowest BCUT2D eigenvalue weighted by Crippen LogP contribution is -2.33. The van der Waals surface area contributed by atoms with Gasteiger partial charge in [-0.2, -0.15) is 0 Å². The summed E-state index contributed by atoms with van der Waals surface area (Å²) >= 11 is 0.